The third kappa shape index (κ3) is 3.09. The highest BCUT2D eigenvalue weighted by atomic mass is 79.9. The molecule has 0 amide bonds. The van der Waals surface area contributed by atoms with E-state index < -0.39 is 0 Å². The third-order valence-electron chi connectivity index (χ3n) is 3.08. The summed E-state index contributed by atoms with van der Waals surface area (Å²) in [7, 11) is 0. The zero-order valence-electron chi connectivity index (χ0n) is 11.8. The van der Waals surface area contributed by atoms with Crippen molar-refractivity contribution < 1.29 is 9.52 Å². The van der Waals surface area contributed by atoms with Gasteiger partial charge in [-0.15, -0.1) is 0 Å². The molecule has 0 bridgehead atoms. The lowest BCUT2D eigenvalue weighted by molar-refractivity contribution is 0.337. The normalized spacial score (nSPS) is 11.2. The monoisotopic (exact) mass is 356 g/mol. The first kappa shape index (κ1) is 14.5. The highest BCUT2D eigenvalue weighted by Gasteiger charge is 2.12. The first-order valence-corrected chi connectivity index (χ1v) is 7.48. The van der Waals surface area contributed by atoms with Crippen molar-refractivity contribution >= 4 is 27.8 Å². The second kappa shape index (κ2) is 6.15. The Kier molecular flexibility index (Phi) is 4.06. The number of nitrogens with zero attached hydrogens (tertiary/aromatic N) is 2. The summed E-state index contributed by atoms with van der Waals surface area (Å²) in [6, 6.07) is 15.2. The molecule has 1 heterocycles. The molecule has 3 rings (SSSR count). The van der Waals surface area contributed by atoms with Crippen LogP contribution in [0, 0.1) is 6.92 Å². The Balaban J connectivity index is 1.90. The maximum atomic E-state index is 9.85. The summed E-state index contributed by atoms with van der Waals surface area (Å²) in [5, 5.41) is 9.85. The van der Waals surface area contributed by atoms with Crippen molar-refractivity contribution in [3.05, 3.63) is 64.3 Å². The molecule has 0 spiro atoms. The number of oxazole rings is 1. The molecule has 0 aliphatic rings. The molecule has 1 aromatic heterocycles. The lowest BCUT2D eigenvalue weighted by Gasteiger charge is -1.98. The van der Waals surface area contributed by atoms with E-state index in [9.17, 15) is 5.11 Å². The number of aromatic hydroxyl groups is 1. The number of aryl methyl sites for hydroxylation is 1. The van der Waals surface area contributed by atoms with E-state index in [4.69, 9.17) is 4.42 Å². The predicted molar refractivity (Wildman–Crippen MR) is 89.7 cm³/mol. The number of aliphatic imine (C=N–C) groups is 1. The van der Waals surface area contributed by atoms with Gasteiger partial charge < -0.3 is 9.52 Å². The highest BCUT2D eigenvalue weighted by Crippen LogP contribution is 2.28. The summed E-state index contributed by atoms with van der Waals surface area (Å²) in [5.74, 6) is 0.119. The molecule has 0 saturated carbocycles. The van der Waals surface area contributed by atoms with Crippen LogP contribution in [0.1, 0.15) is 11.3 Å². The van der Waals surface area contributed by atoms with Gasteiger partial charge in [-0.2, -0.15) is 0 Å². The Morgan fingerprint density at radius 1 is 1.18 bits per heavy atom. The summed E-state index contributed by atoms with van der Waals surface area (Å²) in [6.45, 7) is 2.01. The van der Waals surface area contributed by atoms with Gasteiger partial charge in [0.15, 0.2) is 5.69 Å². The van der Waals surface area contributed by atoms with Crippen molar-refractivity contribution in [3.8, 4) is 17.4 Å². The van der Waals surface area contributed by atoms with Crippen LogP contribution < -0.4 is 0 Å². The van der Waals surface area contributed by atoms with Gasteiger partial charge in [0.1, 0.15) is 0 Å². The fraction of sp³-hybridized carbons (Fsp3) is 0.0588. The van der Waals surface area contributed by atoms with E-state index in [0.29, 0.717) is 11.6 Å². The molecule has 110 valence electrons. The Labute approximate surface area is 136 Å². The van der Waals surface area contributed by atoms with Crippen LogP contribution in [0.15, 0.2) is 62.4 Å². The maximum absolute atomic E-state index is 9.85. The smallest absolute Gasteiger partial charge is 0.312 e. The minimum atomic E-state index is -0.245. The minimum absolute atomic E-state index is 0.245. The largest absolute Gasteiger partial charge is 0.479 e. The van der Waals surface area contributed by atoms with E-state index in [-0.39, 0.29) is 5.95 Å². The topological polar surface area (TPSA) is 58.6 Å². The minimum Gasteiger partial charge on any atom is -0.479 e. The van der Waals surface area contributed by atoms with E-state index >= 15 is 0 Å². The molecule has 0 radical (unpaired) electrons. The Morgan fingerprint density at radius 2 is 1.95 bits per heavy atom. The molecule has 5 heteroatoms. The van der Waals surface area contributed by atoms with Gasteiger partial charge in [-0.3, -0.25) is 4.99 Å². The van der Waals surface area contributed by atoms with Crippen molar-refractivity contribution in [2.45, 2.75) is 6.92 Å². The molecule has 0 saturated heterocycles. The van der Waals surface area contributed by atoms with Crippen LogP contribution in [-0.4, -0.2) is 16.3 Å². The number of hydrogen-bond acceptors (Lipinski definition) is 4. The first-order valence-electron chi connectivity index (χ1n) is 6.69. The molecule has 0 aliphatic heterocycles. The molecule has 0 unspecified atom stereocenters. The van der Waals surface area contributed by atoms with Gasteiger partial charge in [0, 0.05) is 10.0 Å². The van der Waals surface area contributed by atoms with Crippen LogP contribution >= 0.6 is 15.9 Å². The van der Waals surface area contributed by atoms with E-state index in [2.05, 4.69) is 25.9 Å². The standard InChI is InChI=1S/C17H13BrN2O2/c1-11-7-8-14(13(18)9-11)19-10-15-17(21)22-16(20-15)12-5-3-2-4-6-12/h2-10,21H,1H3. The molecule has 3 aromatic rings. The van der Waals surface area contributed by atoms with Gasteiger partial charge in [0.25, 0.3) is 0 Å². The Hall–Kier alpha value is -2.40. The molecule has 2 aromatic carbocycles. The van der Waals surface area contributed by atoms with Gasteiger partial charge in [-0.05, 0) is 52.7 Å². The molecule has 0 aliphatic carbocycles. The molecule has 0 atom stereocenters. The maximum Gasteiger partial charge on any atom is 0.312 e. The average molecular weight is 357 g/mol. The number of hydrogen-bond donors (Lipinski definition) is 1. The van der Waals surface area contributed by atoms with E-state index in [1.807, 2.05) is 55.5 Å². The molecular weight excluding hydrogens is 344 g/mol. The average Bonchev–Trinajstić information content (AvgIpc) is 2.88. The number of halogens is 1. The van der Waals surface area contributed by atoms with Crippen molar-refractivity contribution in [2.75, 3.05) is 0 Å². The second-order valence-electron chi connectivity index (χ2n) is 4.79. The predicted octanol–water partition coefficient (Wildman–Crippen LogP) is 4.87. The van der Waals surface area contributed by atoms with Gasteiger partial charge in [0.05, 0.1) is 11.9 Å². The Bertz CT molecular complexity index is 826. The van der Waals surface area contributed by atoms with Crippen molar-refractivity contribution in [2.24, 2.45) is 4.99 Å². The zero-order chi connectivity index (χ0) is 15.5. The highest BCUT2D eigenvalue weighted by molar-refractivity contribution is 9.10. The number of rotatable bonds is 3. The van der Waals surface area contributed by atoms with Crippen molar-refractivity contribution in [1.29, 1.82) is 0 Å². The SMILES string of the molecule is Cc1ccc(N=Cc2nc(-c3ccccc3)oc2O)c(Br)c1. The summed E-state index contributed by atoms with van der Waals surface area (Å²) in [5.41, 5.74) is 3.00. The molecule has 22 heavy (non-hydrogen) atoms. The van der Waals surface area contributed by atoms with Gasteiger partial charge >= 0.3 is 5.95 Å². The number of benzene rings is 2. The van der Waals surface area contributed by atoms with Crippen LogP contribution in [0.2, 0.25) is 0 Å². The zero-order valence-corrected chi connectivity index (χ0v) is 13.4. The summed E-state index contributed by atoms with van der Waals surface area (Å²) in [6.07, 6.45) is 1.49. The molecule has 1 N–H and O–H groups in total. The fourth-order valence-electron chi connectivity index (χ4n) is 1.96. The molecule has 4 nitrogen and oxygen atoms in total. The van der Waals surface area contributed by atoms with Gasteiger partial charge in [-0.25, -0.2) is 4.98 Å². The lowest BCUT2D eigenvalue weighted by atomic mass is 10.2. The fourth-order valence-corrected chi connectivity index (χ4v) is 2.56. The third-order valence-corrected chi connectivity index (χ3v) is 3.72. The lowest BCUT2D eigenvalue weighted by Crippen LogP contribution is -1.83. The van der Waals surface area contributed by atoms with Gasteiger partial charge in [0.2, 0.25) is 5.89 Å². The van der Waals surface area contributed by atoms with E-state index in [1.54, 1.807) is 0 Å². The quantitative estimate of drug-likeness (QED) is 0.681. The van der Waals surface area contributed by atoms with Crippen molar-refractivity contribution in [1.82, 2.24) is 4.98 Å². The van der Waals surface area contributed by atoms with Gasteiger partial charge in [-0.1, -0.05) is 24.3 Å². The van der Waals surface area contributed by atoms with Crippen molar-refractivity contribution in [3.63, 3.8) is 0 Å². The molecular formula is C17H13BrN2O2. The number of aromatic nitrogens is 1. The first-order chi connectivity index (χ1) is 10.6. The van der Waals surface area contributed by atoms with Crippen LogP contribution in [0.5, 0.6) is 5.95 Å². The van der Waals surface area contributed by atoms with Crippen LogP contribution in [0.3, 0.4) is 0 Å². The van der Waals surface area contributed by atoms with E-state index in [1.165, 1.54) is 6.21 Å². The Morgan fingerprint density at radius 3 is 2.68 bits per heavy atom. The van der Waals surface area contributed by atoms with Crippen LogP contribution in [0.25, 0.3) is 11.5 Å². The van der Waals surface area contributed by atoms with E-state index in [0.717, 1.165) is 21.3 Å². The molecule has 0 fully saturated rings. The summed E-state index contributed by atoms with van der Waals surface area (Å²) in [4.78, 5) is 8.59. The van der Waals surface area contributed by atoms with Crippen LogP contribution in [-0.2, 0) is 0 Å². The second-order valence-corrected chi connectivity index (χ2v) is 5.64. The van der Waals surface area contributed by atoms with Crippen LogP contribution in [0.4, 0.5) is 5.69 Å². The summed E-state index contributed by atoms with van der Waals surface area (Å²) < 4.78 is 6.16. The summed E-state index contributed by atoms with van der Waals surface area (Å²) >= 11 is 3.46.